The van der Waals surface area contributed by atoms with Crippen molar-refractivity contribution in [2.24, 2.45) is 0 Å². The SMILES string of the molecule is O=C(CCCN1CCN2CCCCC2C1)N1CCc2ccccc21. The minimum atomic E-state index is 0.302. The molecule has 3 heterocycles. The van der Waals surface area contributed by atoms with Crippen LogP contribution in [0.15, 0.2) is 24.3 Å². The van der Waals surface area contributed by atoms with Gasteiger partial charge in [-0.2, -0.15) is 0 Å². The largest absolute Gasteiger partial charge is 0.312 e. The third-order valence-electron chi connectivity index (χ3n) is 5.97. The lowest BCUT2D eigenvalue weighted by atomic mass is 9.99. The second-order valence-electron chi connectivity index (χ2n) is 7.51. The smallest absolute Gasteiger partial charge is 0.227 e. The Morgan fingerprint density at radius 1 is 1.08 bits per heavy atom. The van der Waals surface area contributed by atoms with Crippen molar-refractivity contribution in [2.75, 3.05) is 44.2 Å². The number of amides is 1. The van der Waals surface area contributed by atoms with E-state index in [4.69, 9.17) is 0 Å². The van der Waals surface area contributed by atoms with Crippen LogP contribution in [0.3, 0.4) is 0 Å². The number of anilines is 1. The van der Waals surface area contributed by atoms with E-state index in [1.807, 2.05) is 11.0 Å². The molecule has 0 bridgehead atoms. The molecule has 24 heavy (non-hydrogen) atoms. The summed E-state index contributed by atoms with van der Waals surface area (Å²) in [6.45, 7) is 6.84. The summed E-state index contributed by atoms with van der Waals surface area (Å²) >= 11 is 0. The molecular formula is C20H29N3O. The summed E-state index contributed by atoms with van der Waals surface area (Å²) in [6, 6.07) is 9.11. The molecule has 1 unspecified atom stereocenters. The van der Waals surface area contributed by atoms with Crippen molar-refractivity contribution in [1.29, 1.82) is 0 Å². The Hall–Kier alpha value is -1.39. The van der Waals surface area contributed by atoms with Crippen LogP contribution >= 0.6 is 0 Å². The Bertz CT molecular complexity index is 588. The third kappa shape index (κ3) is 3.35. The Morgan fingerprint density at radius 2 is 2.00 bits per heavy atom. The van der Waals surface area contributed by atoms with E-state index in [2.05, 4.69) is 28.0 Å². The topological polar surface area (TPSA) is 26.8 Å². The molecule has 0 saturated carbocycles. The highest BCUT2D eigenvalue weighted by Gasteiger charge is 2.29. The molecule has 0 aliphatic carbocycles. The molecule has 2 fully saturated rings. The Labute approximate surface area is 145 Å². The van der Waals surface area contributed by atoms with Gasteiger partial charge in [0, 0.05) is 44.3 Å². The second-order valence-corrected chi connectivity index (χ2v) is 7.51. The summed E-state index contributed by atoms with van der Waals surface area (Å²) in [4.78, 5) is 19.8. The van der Waals surface area contributed by atoms with Crippen molar-refractivity contribution in [3.63, 3.8) is 0 Å². The van der Waals surface area contributed by atoms with Crippen LogP contribution in [-0.4, -0.2) is 61.0 Å². The summed E-state index contributed by atoms with van der Waals surface area (Å²) in [5.74, 6) is 0.302. The van der Waals surface area contributed by atoms with Gasteiger partial charge >= 0.3 is 0 Å². The van der Waals surface area contributed by atoms with Gasteiger partial charge in [0.25, 0.3) is 0 Å². The van der Waals surface area contributed by atoms with E-state index in [1.54, 1.807) is 0 Å². The Morgan fingerprint density at radius 3 is 2.96 bits per heavy atom. The van der Waals surface area contributed by atoms with Gasteiger partial charge < -0.3 is 9.80 Å². The number of para-hydroxylation sites is 1. The molecule has 3 aliphatic rings. The second kappa shape index (κ2) is 7.24. The van der Waals surface area contributed by atoms with Gasteiger partial charge in [0.05, 0.1) is 0 Å². The number of nitrogens with zero attached hydrogens (tertiary/aromatic N) is 3. The minimum Gasteiger partial charge on any atom is -0.312 e. The van der Waals surface area contributed by atoms with Gasteiger partial charge in [-0.3, -0.25) is 9.69 Å². The van der Waals surface area contributed by atoms with Gasteiger partial charge in [-0.1, -0.05) is 24.6 Å². The van der Waals surface area contributed by atoms with Crippen LogP contribution in [0.1, 0.15) is 37.7 Å². The number of fused-ring (bicyclic) bond motifs is 2. The number of carbonyl (C=O) groups excluding carboxylic acids is 1. The first-order chi connectivity index (χ1) is 11.8. The maximum atomic E-state index is 12.6. The normalized spacial score (nSPS) is 24.7. The van der Waals surface area contributed by atoms with Crippen molar-refractivity contribution in [3.8, 4) is 0 Å². The lowest BCUT2D eigenvalue weighted by Gasteiger charge is -2.44. The average molecular weight is 327 g/mol. The zero-order valence-electron chi connectivity index (χ0n) is 14.6. The van der Waals surface area contributed by atoms with Gasteiger partial charge in [-0.25, -0.2) is 0 Å². The highest BCUT2D eigenvalue weighted by molar-refractivity contribution is 5.95. The molecule has 1 aromatic rings. The lowest BCUT2D eigenvalue weighted by molar-refractivity contribution is -0.118. The van der Waals surface area contributed by atoms with E-state index in [0.717, 1.165) is 37.7 Å². The monoisotopic (exact) mass is 327 g/mol. The molecule has 0 spiro atoms. The van der Waals surface area contributed by atoms with Crippen LogP contribution in [0.25, 0.3) is 0 Å². The van der Waals surface area contributed by atoms with Crippen LogP contribution < -0.4 is 4.90 Å². The fourth-order valence-corrected chi connectivity index (χ4v) is 4.61. The van der Waals surface area contributed by atoms with E-state index in [1.165, 1.54) is 51.0 Å². The number of hydrogen-bond acceptors (Lipinski definition) is 3. The van der Waals surface area contributed by atoms with E-state index in [-0.39, 0.29) is 0 Å². The first-order valence-electron chi connectivity index (χ1n) is 9.66. The molecule has 3 aliphatic heterocycles. The molecule has 1 atom stereocenters. The summed E-state index contributed by atoms with van der Waals surface area (Å²) in [5, 5.41) is 0. The Kier molecular flexibility index (Phi) is 4.86. The highest BCUT2D eigenvalue weighted by atomic mass is 16.2. The molecule has 0 aromatic heterocycles. The van der Waals surface area contributed by atoms with Gasteiger partial charge in [-0.15, -0.1) is 0 Å². The quantitative estimate of drug-likeness (QED) is 0.850. The molecule has 130 valence electrons. The van der Waals surface area contributed by atoms with E-state index < -0.39 is 0 Å². The van der Waals surface area contributed by atoms with E-state index >= 15 is 0 Å². The number of piperazine rings is 1. The van der Waals surface area contributed by atoms with Crippen LogP contribution in [0.2, 0.25) is 0 Å². The molecule has 4 nitrogen and oxygen atoms in total. The number of hydrogen-bond donors (Lipinski definition) is 0. The number of piperidine rings is 1. The molecule has 4 heteroatoms. The van der Waals surface area contributed by atoms with Crippen molar-refractivity contribution in [1.82, 2.24) is 9.80 Å². The number of benzene rings is 1. The molecular weight excluding hydrogens is 298 g/mol. The highest BCUT2D eigenvalue weighted by Crippen LogP contribution is 2.28. The first-order valence-corrected chi connectivity index (χ1v) is 9.66. The fraction of sp³-hybridized carbons (Fsp3) is 0.650. The van der Waals surface area contributed by atoms with E-state index in [9.17, 15) is 4.79 Å². The number of carbonyl (C=O) groups is 1. The zero-order valence-corrected chi connectivity index (χ0v) is 14.6. The molecule has 0 N–H and O–H groups in total. The van der Waals surface area contributed by atoms with Gasteiger partial charge in [-0.05, 0) is 50.4 Å². The fourth-order valence-electron chi connectivity index (χ4n) is 4.61. The van der Waals surface area contributed by atoms with Crippen molar-refractivity contribution >= 4 is 11.6 Å². The van der Waals surface area contributed by atoms with Crippen molar-refractivity contribution in [3.05, 3.63) is 29.8 Å². The van der Waals surface area contributed by atoms with E-state index in [0.29, 0.717) is 12.3 Å². The zero-order chi connectivity index (χ0) is 16.4. The summed E-state index contributed by atoms with van der Waals surface area (Å²) in [5.41, 5.74) is 2.46. The lowest BCUT2D eigenvalue weighted by Crippen LogP contribution is -2.54. The number of rotatable bonds is 4. The minimum absolute atomic E-state index is 0.302. The van der Waals surface area contributed by atoms with Crippen LogP contribution in [0.5, 0.6) is 0 Å². The molecule has 1 aromatic carbocycles. The predicted molar refractivity (Wildman–Crippen MR) is 97.4 cm³/mol. The first kappa shape index (κ1) is 16.1. The average Bonchev–Trinajstić information content (AvgIpc) is 3.06. The van der Waals surface area contributed by atoms with Crippen molar-refractivity contribution < 1.29 is 4.79 Å². The molecule has 4 rings (SSSR count). The van der Waals surface area contributed by atoms with Crippen molar-refractivity contribution in [2.45, 2.75) is 44.6 Å². The molecule has 0 radical (unpaired) electrons. The van der Waals surface area contributed by atoms with Crippen LogP contribution in [-0.2, 0) is 11.2 Å². The van der Waals surface area contributed by atoms with Gasteiger partial charge in [0.15, 0.2) is 0 Å². The standard InChI is InChI=1S/C20H29N3O/c24-20(23-13-10-17-6-1-2-8-19(17)23)9-5-11-21-14-15-22-12-4-3-7-18(22)16-21/h1-2,6,8,18H,3-5,7,9-16H2. The van der Waals surface area contributed by atoms with Crippen LogP contribution in [0, 0.1) is 0 Å². The maximum absolute atomic E-state index is 12.6. The van der Waals surface area contributed by atoms with Crippen LogP contribution in [0.4, 0.5) is 5.69 Å². The van der Waals surface area contributed by atoms with Gasteiger partial charge in [0.2, 0.25) is 5.91 Å². The molecule has 2 saturated heterocycles. The molecule has 1 amide bonds. The summed E-state index contributed by atoms with van der Waals surface area (Å²) in [6.07, 6.45) is 6.80. The van der Waals surface area contributed by atoms with Gasteiger partial charge in [0.1, 0.15) is 0 Å². The maximum Gasteiger partial charge on any atom is 0.227 e. The summed E-state index contributed by atoms with van der Waals surface area (Å²) < 4.78 is 0. The summed E-state index contributed by atoms with van der Waals surface area (Å²) in [7, 11) is 0. The predicted octanol–water partition coefficient (Wildman–Crippen LogP) is 2.53. The third-order valence-corrected chi connectivity index (χ3v) is 5.97. The Balaban J connectivity index is 1.24.